The lowest BCUT2D eigenvalue weighted by Crippen LogP contribution is -1.83. The average Bonchev–Trinajstić information content (AvgIpc) is 1.89. The predicted molar refractivity (Wildman–Crippen MR) is 41.6 cm³/mol. The van der Waals surface area contributed by atoms with E-state index in [0.717, 1.165) is 5.33 Å². The molecule has 2 heteroatoms. The van der Waals surface area contributed by atoms with Crippen molar-refractivity contribution in [3.05, 3.63) is 29.6 Å². The summed E-state index contributed by atoms with van der Waals surface area (Å²) in [7, 11) is 0. The summed E-state index contributed by atoms with van der Waals surface area (Å²) in [4.78, 5) is 3.99. The molecule has 0 atom stereocenters. The Morgan fingerprint density at radius 3 is 2.89 bits per heavy atom. The third kappa shape index (κ3) is 1.52. The molecule has 0 saturated carbocycles. The first-order valence-electron chi connectivity index (χ1n) is 2.80. The Hall–Kier alpha value is -0.370. The third-order valence-electron chi connectivity index (χ3n) is 1.29. The first kappa shape index (κ1) is 6.75. The van der Waals surface area contributed by atoms with Crippen LogP contribution in [0.1, 0.15) is 11.1 Å². The summed E-state index contributed by atoms with van der Waals surface area (Å²) < 4.78 is 0. The second kappa shape index (κ2) is 2.97. The molecule has 0 aliphatic rings. The number of halogens is 1. The highest BCUT2D eigenvalue weighted by atomic mass is 79.9. The van der Waals surface area contributed by atoms with E-state index in [0.29, 0.717) is 0 Å². The van der Waals surface area contributed by atoms with Crippen molar-refractivity contribution < 1.29 is 0 Å². The summed E-state index contributed by atoms with van der Waals surface area (Å²) in [5.41, 5.74) is 2.55. The Labute approximate surface area is 63.2 Å². The lowest BCUT2D eigenvalue weighted by molar-refractivity contribution is 1.21. The van der Waals surface area contributed by atoms with Crippen LogP contribution in [-0.4, -0.2) is 4.98 Å². The minimum absolute atomic E-state index is 0.896. The number of pyridine rings is 1. The number of hydrogen-bond acceptors (Lipinski definition) is 1. The number of alkyl halides is 1. The molecule has 0 saturated heterocycles. The van der Waals surface area contributed by atoms with Gasteiger partial charge in [0.25, 0.3) is 0 Å². The van der Waals surface area contributed by atoms with Crippen LogP contribution < -0.4 is 0 Å². The molecule has 0 bridgehead atoms. The van der Waals surface area contributed by atoms with Gasteiger partial charge in [-0.05, 0) is 24.1 Å². The molecular formula is C7H8BrN. The third-order valence-corrected chi connectivity index (χ3v) is 1.90. The summed E-state index contributed by atoms with van der Waals surface area (Å²) in [5.74, 6) is 0. The van der Waals surface area contributed by atoms with Crippen LogP contribution in [0.5, 0.6) is 0 Å². The fourth-order valence-electron chi connectivity index (χ4n) is 0.637. The first-order chi connectivity index (χ1) is 4.34. The van der Waals surface area contributed by atoms with E-state index < -0.39 is 0 Å². The zero-order valence-corrected chi connectivity index (χ0v) is 6.85. The van der Waals surface area contributed by atoms with Crippen LogP contribution in [0, 0.1) is 6.92 Å². The van der Waals surface area contributed by atoms with Crippen molar-refractivity contribution in [1.29, 1.82) is 0 Å². The molecule has 1 rings (SSSR count). The van der Waals surface area contributed by atoms with Gasteiger partial charge in [0.05, 0.1) is 0 Å². The lowest BCUT2D eigenvalue weighted by Gasteiger charge is -1.96. The van der Waals surface area contributed by atoms with Gasteiger partial charge in [-0.3, -0.25) is 4.98 Å². The predicted octanol–water partition coefficient (Wildman–Crippen LogP) is 2.28. The molecule has 0 aliphatic carbocycles. The fraction of sp³-hybridized carbons (Fsp3) is 0.286. The van der Waals surface area contributed by atoms with Gasteiger partial charge in [-0.1, -0.05) is 15.9 Å². The molecule has 1 aromatic rings. The van der Waals surface area contributed by atoms with E-state index in [-0.39, 0.29) is 0 Å². The van der Waals surface area contributed by atoms with Crippen molar-refractivity contribution in [2.45, 2.75) is 12.3 Å². The number of aryl methyl sites for hydroxylation is 1. The van der Waals surface area contributed by atoms with Crippen molar-refractivity contribution >= 4 is 15.9 Å². The zero-order chi connectivity index (χ0) is 6.69. The van der Waals surface area contributed by atoms with Crippen molar-refractivity contribution in [3.8, 4) is 0 Å². The molecule has 48 valence electrons. The van der Waals surface area contributed by atoms with Crippen LogP contribution in [0.15, 0.2) is 18.5 Å². The first-order valence-corrected chi connectivity index (χ1v) is 3.92. The maximum atomic E-state index is 3.99. The monoisotopic (exact) mass is 185 g/mol. The van der Waals surface area contributed by atoms with E-state index in [1.807, 2.05) is 18.5 Å². The second-order valence-electron chi connectivity index (χ2n) is 1.94. The van der Waals surface area contributed by atoms with Crippen LogP contribution >= 0.6 is 15.9 Å². The summed E-state index contributed by atoms with van der Waals surface area (Å²) >= 11 is 3.37. The highest BCUT2D eigenvalue weighted by molar-refractivity contribution is 9.08. The molecule has 0 spiro atoms. The van der Waals surface area contributed by atoms with Gasteiger partial charge in [0, 0.05) is 17.7 Å². The van der Waals surface area contributed by atoms with Crippen molar-refractivity contribution in [2.24, 2.45) is 0 Å². The zero-order valence-electron chi connectivity index (χ0n) is 5.26. The molecule has 0 aromatic carbocycles. The maximum Gasteiger partial charge on any atom is 0.0311 e. The minimum atomic E-state index is 0.896. The number of aromatic nitrogens is 1. The average molecular weight is 186 g/mol. The largest absolute Gasteiger partial charge is 0.264 e. The van der Waals surface area contributed by atoms with Crippen LogP contribution in [0.25, 0.3) is 0 Å². The molecule has 0 amide bonds. The smallest absolute Gasteiger partial charge is 0.0311 e. The normalized spacial score (nSPS) is 9.56. The van der Waals surface area contributed by atoms with Crippen molar-refractivity contribution in [2.75, 3.05) is 0 Å². The Bertz CT molecular complexity index is 198. The Balaban J connectivity index is 3.01. The van der Waals surface area contributed by atoms with E-state index in [9.17, 15) is 0 Å². The summed E-state index contributed by atoms with van der Waals surface area (Å²) in [5, 5.41) is 0.896. The van der Waals surface area contributed by atoms with E-state index >= 15 is 0 Å². The Morgan fingerprint density at radius 1 is 1.67 bits per heavy atom. The van der Waals surface area contributed by atoms with E-state index in [1.54, 1.807) is 0 Å². The van der Waals surface area contributed by atoms with E-state index in [1.165, 1.54) is 11.1 Å². The van der Waals surface area contributed by atoms with Gasteiger partial charge in [-0.2, -0.15) is 0 Å². The van der Waals surface area contributed by atoms with Gasteiger partial charge in [0.2, 0.25) is 0 Å². The molecule has 1 aromatic heterocycles. The van der Waals surface area contributed by atoms with Gasteiger partial charge in [-0.15, -0.1) is 0 Å². The van der Waals surface area contributed by atoms with Gasteiger partial charge in [-0.25, -0.2) is 0 Å². The maximum absolute atomic E-state index is 3.99. The minimum Gasteiger partial charge on any atom is -0.264 e. The second-order valence-corrected chi connectivity index (χ2v) is 2.50. The molecule has 0 aliphatic heterocycles. The van der Waals surface area contributed by atoms with Crippen LogP contribution in [0.2, 0.25) is 0 Å². The van der Waals surface area contributed by atoms with E-state index in [4.69, 9.17) is 0 Å². The van der Waals surface area contributed by atoms with Crippen LogP contribution in [-0.2, 0) is 5.33 Å². The number of nitrogens with zero attached hydrogens (tertiary/aromatic N) is 1. The lowest BCUT2D eigenvalue weighted by atomic mass is 10.2. The van der Waals surface area contributed by atoms with Crippen LogP contribution in [0.4, 0.5) is 0 Å². The summed E-state index contributed by atoms with van der Waals surface area (Å²) in [6, 6.07) is 2.01. The van der Waals surface area contributed by atoms with Gasteiger partial charge in [0.1, 0.15) is 0 Å². The summed E-state index contributed by atoms with van der Waals surface area (Å²) in [6.07, 6.45) is 3.69. The number of rotatable bonds is 1. The molecule has 0 radical (unpaired) electrons. The SMILES string of the molecule is Cc1ccncc1CBr. The van der Waals surface area contributed by atoms with Gasteiger partial charge < -0.3 is 0 Å². The fourth-order valence-corrected chi connectivity index (χ4v) is 1.22. The quantitative estimate of drug-likeness (QED) is 0.613. The molecule has 1 heterocycles. The molecule has 9 heavy (non-hydrogen) atoms. The molecule has 0 fully saturated rings. The van der Waals surface area contributed by atoms with Crippen molar-refractivity contribution in [1.82, 2.24) is 4.98 Å². The highest BCUT2D eigenvalue weighted by Gasteiger charge is 1.91. The molecular weight excluding hydrogens is 178 g/mol. The van der Waals surface area contributed by atoms with Gasteiger partial charge >= 0.3 is 0 Å². The van der Waals surface area contributed by atoms with E-state index in [2.05, 4.69) is 27.8 Å². The molecule has 0 N–H and O–H groups in total. The van der Waals surface area contributed by atoms with Gasteiger partial charge in [0.15, 0.2) is 0 Å². The highest BCUT2D eigenvalue weighted by Crippen LogP contribution is 2.08. The van der Waals surface area contributed by atoms with Crippen LogP contribution in [0.3, 0.4) is 0 Å². The molecule has 0 unspecified atom stereocenters. The number of hydrogen-bond donors (Lipinski definition) is 0. The standard InChI is InChI=1S/C7H8BrN/c1-6-2-3-9-5-7(6)4-8/h2-3,5H,4H2,1H3. The summed E-state index contributed by atoms with van der Waals surface area (Å²) in [6.45, 7) is 2.08. The molecule has 1 nitrogen and oxygen atoms in total. The van der Waals surface area contributed by atoms with Crippen molar-refractivity contribution in [3.63, 3.8) is 0 Å². The Kier molecular flexibility index (Phi) is 2.22. The Morgan fingerprint density at radius 2 is 2.44 bits per heavy atom. The topological polar surface area (TPSA) is 12.9 Å².